The Hall–Kier alpha value is -2.63. The van der Waals surface area contributed by atoms with Crippen LogP contribution in [-0.4, -0.2) is 36.5 Å². The summed E-state index contributed by atoms with van der Waals surface area (Å²) in [7, 11) is 0. The van der Waals surface area contributed by atoms with Crippen molar-refractivity contribution in [2.75, 3.05) is 11.1 Å². The highest BCUT2D eigenvalue weighted by molar-refractivity contribution is 9.10. The highest BCUT2D eigenvalue weighted by Crippen LogP contribution is 2.33. The van der Waals surface area contributed by atoms with Gasteiger partial charge >= 0.3 is 0 Å². The fourth-order valence-electron chi connectivity index (χ4n) is 2.62. The predicted octanol–water partition coefficient (Wildman–Crippen LogP) is 4.73. The molecule has 0 radical (unpaired) electrons. The molecular weight excluding hydrogens is 498 g/mol. The van der Waals surface area contributed by atoms with E-state index in [1.54, 1.807) is 22.8 Å². The van der Waals surface area contributed by atoms with E-state index in [4.69, 9.17) is 11.6 Å². The van der Waals surface area contributed by atoms with Crippen molar-refractivity contribution >= 4 is 56.6 Å². The number of rotatable bonds is 7. The maximum atomic E-state index is 12.3. The van der Waals surface area contributed by atoms with E-state index < -0.39 is 4.92 Å². The van der Waals surface area contributed by atoms with Crippen molar-refractivity contribution in [2.45, 2.75) is 18.6 Å². The van der Waals surface area contributed by atoms with E-state index in [0.29, 0.717) is 23.1 Å². The second-order valence-electron chi connectivity index (χ2n) is 5.97. The molecule has 30 heavy (non-hydrogen) atoms. The molecule has 2 aromatic carbocycles. The van der Waals surface area contributed by atoms with Gasteiger partial charge in [0, 0.05) is 22.8 Å². The van der Waals surface area contributed by atoms with Crippen LogP contribution in [0.3, 0.4) is 0 Å². The van der Waals surface area contributed by atoms with Crippen LogP contribution >= 0.6 is 39.3 Å². The number of phenolic OH excluding ortho intramolecular Hbond substituents is 1. The van der Waals surface area contributed by atoms with E-state index in [-0.39, 0.29) is 33.8 Å². The molecule has 156 valence electrons. The van der Waals surface area contributed by atoms with Crippen molar-refractivity contribution in [3.8, 4) is 17.1 Å². The number of thioether (sulfide) groups is 1. The third-order valence-corrected chi connectivity index (χ3v) is 5.77. The number of aromatic hydroxyl groups is 1. The van der Waals surface area contributed by atoms with E-state index in [1.807, 2.05) is 6.92 Å². The molecule has 0 fully saturated rings. The molecule has 0 saturated carbocycles. The third-order valence-electron chi connectivity index (χ3n) is 3.99. The van der Waals surface area contributed by atoms with Crippen molar-refractivity contribution in [3.63, 3.8) is 0 Å². The molecule has 0 bridgehead atoms. The number of carbonyl (C=O) groups excluding carboxylic acids is 1. The molecule has 3 rings (SSSR count). The Labute approximate surface area is 188 Å². The number of nitrogens with zero attached hydrogens (tertiary/aromatic N) is 4. The molecule has 12 heteroatoms. The SMILES string of the molecule is CCn1c(SCC(=O)Nc2ccc(Cl)c([N+](=O)[O-])c2)nnc1-c1cc(Br)ccc1O. The zero-order chi connectivity index (χ0) is 21.8. The number of nitrogens with one attached hydrogen (secondary N) is 1. The number of halogens is 2. The molecule has 3 aromatic rings. The minimum Gasteiger partial charge on any atom is -0.507 e. The lowest BCUT2D eigenvalue weighted by Gasteiger charge is -2.09. The lowest BCUT2D eigenvalue weighted by molar-refractivity contribution is -0.384. The molecule has 0 saturated heterocycles. The van der Waals surface area contributed by atoms with E-state index >= 15 is 0 Å². The van der Waals surface area contributed by atoms with Crippen LogP contribution in [0.15, 0.2) is 46.0 Å². The second kappa shape index (κ2) is 9.45. The number of anilines is 1. The van der Waals surface area contributed by atoms with Crippen LogP contribution in [0.4, 0.5) is 11.4 Å². The molecule has 0 spiro atoms. The first-order chi connectivity index (χ1) is 14.3. The Bertz CT molecular complexity index is 1120. The lowest BCUT2D eigenvalue weighted by Crippen LogP contribution is -2.14. The number of nitro benzene ring substituents is 1. The third kappa shape index (κ3) is 4.91. The summed E-state index contributed by atoms with van der Waals surface area (Å²) < 4.78 is 2.57. The first kappa shape index (κ1) is 22.1. The molecule has 9 nitrogen and oxygen atoms in total. The first-order valence-corrected chi connectivity index (χ1v) is 10.7. The van der Waals surface area contributed by atoms with Crippen LogP contribution in [0, 0.1) is 10.1 Å². The van der Waals surface area contributed by atoms with Gasteiger partial charge in [0.1, 0.15) is 10.8 Å². The summed E-state index contributed by atoms with van der Waals surface area (Å²) in [6, 6.07) is 9.05. The van der Waals surface area contributed by atoms with Crippen molar-refractivity contribution in [3.05, 3.63) is 56.0 Å². The van der Waals surface area contributed by atoms with Gasteiger partial charge in [0.25, 0.3) is 5.69 Å². The smallest absolute Gasteiger partial charge is 0.289 e. The molecule has 0 aliphatic heterocycles. The second-order valence-corrected chi connectivity index (χ2v) is 8.24. The number of hydrogen-bond acceptors (Lipinski definition) is 7. The minimum atomic E-state index is -0.616. The number of benzene rings is 2. The Morgan fingerprint density at radius 1 is 1.33 bits per heavy atom. The van der Waals surface area contributed by atoms with Crippen molar-refractivity contribution in [1.82, 2.24) is 14.8 Å². The van der Waals surface area contributed by atoms with E-state index in [2.05, 4.69) is 31.4 Å². The summed E-state index contributed by atoms with van der Waals surface area (Å²) in [5.41, 5.74) is 0.503. The number of phenols is 1. The summed E-state index contributed by atoms with van der Waals surface area (Å²) in [4.78, 5) is 22.6. The van der Waals surface area contributed by atoms with Crippen molar-refractivity contribution in [2.24, 2.45) is 0 Å². The largest absolute Gasteiger partial charge is 0.507 e. The van der Waals surface area contributed by atoms with Crippen molar-refractivity contribution < 1.29 is 14.8 Å². The maximum Gasteiger partial charge on any atom is 0.289 e. The van der Waals surface area contributed by atoms with Gasteiger partial charge in [0.2, 0.25) is 5.91 Å². The van der Waals surface area contributed by atoms with Gasteiger partial charge in [-0.3, -0.25) is 14.9 Å². The minimum absolute atomic E-state index is 0.00764. The Kier molecular flexibility index (Phi) is 6.95. The average Bonchev–Trinajstić information content (AvgIpc) is 3.12. The van der Waals surface area contributed by atoms with Crippen LogP contribution in [0.2, 0.25) is 5.02 Å². The Morgan fingerprint density at radius 2 is 2.10 bits per heavy atom. The van der Waals surface area contributed by atoms with Gasteiger partial charge in [-0.1, -0.05) is 39.3 Å². The van der Waals surface area contributed by atoms with Crippen molar-refractivity contribution in [1.29, 1.82) is 0 Å². The molecule has 0 aliphatic rings. The fourth-order valence-corrected chi connectivity index (χ4v) is 3.97. The van der Waals surface area contributed by atoms with Crippen LogP contribution < -0.4 is 5.32 Å². The number of nitro groups is 1. The van der Waals surface area contributed by atoms with Gasteiger partial charge in [0.15, 0.2) is 11.0 Å². The Morgan fingerprint density at radius 3 is 2.80 bits per heavy atom. The van der Waals surface area contributed by atoms with Gasteiger partial charge in [-0.2, -0.15) is 0 Å². The fraction of sp³-hybridized carbons (Fsp3) is 0.167. The Balaban J connectivity index is 1.73. The molecule has 0 aliphatic carbocycles. The zero-order valence-corrected chi connectivity index (χ0v) is 18.7. The van der Waals surface area contributed by atoms with E-state index in [1.165, 1.54) is 18.2 Å². The molecule has 2 N–H and O–H groups in total. The lowest BCUT2D eigenvalue weighted by atomic mass is 10.2. The summed E-state index contributed by atoms with van der Waals surface area (Å²) >= 11 is 10.3. The summed E-state index contributed by atoms with van der Waals surface area (Å²) in [6.07, 6.45) is 0. The van der Waals surface area contributed by atoms with Crippen LogP contribution in [0.25, 0.3) is 11.4 Å². The molecule has 1 amide bonds. The molecule has 0 unspecified atom stereocenters. The number of aromatic nitrogens is 3. The summed E-state index contributed by atoms with van der Waals surface area (Å²) in [5.74, 6) is 0.194. The van der Waals surface area contributed by atoms with Gasteiger partial charge < -0.3 is 15.0 Å². The molecule has 1 aromatic heterocycles. The van der Waals surface area contributed by atoms with E-state index in [9.17, 15) is 20.0 Å². The average molecular weight is 513 g/mol. The first-order valence-electron chi connectivity index (χ1n) is 8.58. The van der Waals surface area contributed by atoms with Gasteiger partial charge in [-0.15, -0.1) is 10.2 Å². The topological polar surface area (TPSA) is 123 Å². The monoisotopic (exact) mass is 511 g/mol. The maximum absolute atomic E-state index is 12.3. The van der Waals surface area contributed by atoms with Crippen LogP contribution in [-0.2, 0) is 11.3 Å². The standard InChI is InChI=1S/C18H15BrClN5O4S/c1-2-24-17(12-7-10(19)3-6-15(12)26)22-23-18(24)30-9-16(27)21-11-4-5-13(20)14(8-11)25(28)29/h3-8,26H,2,9H2,1H3,(H,21,27). The van der Waals surface area contributed by atoms with Gasteiger partial charge in [-0.05, 0) is 37.3 Å². The number of carbonyl (C=O) groups is 1. The summed E-state index contributed by atoms with van der Waals surface area (Å²) in [6.45, 7) is 2.43. The number of amides is 1. The van der Waals surface area contributed by atoms with Gasteiger partial charge in [-0.25, -0.2) is 0 Å². The van der Waals surface area contributed by atoms with Gasteiger partial charge in [0.05, 0.1) is 16.2 Å². The summed E-state index contributed by atoms with van der Waals surface area (Å²) in [5, 5.41) is 32.5. The molecular formula is C18H15BrClN5O4S. The highest BCUT2D eigenvalue weighted by Gasteiger charge is 2.18. The predicted molar refractivity (Wildman–Crippen MR) is 118 cm³/mol. The quantitative estimate of drug-likeness (QED) is 0.266. The van der Waals surface area contributed by atoms with Crippen LogP contribution in [0.1, 0.15) is 6.92 Å². The normalized spacial score (nSPS) is 10.8. The molecule has 0 atom stereocenters. The zero-order valence-electron chi connectivity index (χ0n) is 15.5. The molecule has 1 heterocycles. The number of hydrogen-bond donors (Lipinski definition) is 2. The van der Waals surface area contributed by atoms with E-state index in [0.717, 1.165) is 16.2 Å². The van der Waals surface area contributed by atoms with Crippen LogP contribution in [0.5, 0.6) is 5.75 Å². The highest BCUT2D eigenvalue weighted by atomic mass is 79.9.